The summed E-state index contributed by atoms with van der Waals surface area (Å²) in [6.45, 7) is 7.70. The number of likely N-dealkylation sites (tertiary alicyclic amines) is 1. The number of rotatable bonds is 2. The van der Waals surface area contributed by atoms with E-state index in [0.29, 0.717) is 6.04 Å². The van der Waals surface area contributed by atoms with Gasteiger partial charge in [-0.3, -0.25) is 4.90 Å². The number of anilines is 1. The number of aromatic nitrogens is 2. The van der Waals surface area contributed by atoms with Crippen LogP contribution in [0.5, 0.6) is 0 Å². The molecule has 0 saturated carbocycles. The lowest BCUT2D eigenvalue weighted by Crippen LogP contribution is -2.43. The molecule has 1 N–H and O–H groups in total. The topological polar surface area (TPSA) is 44.3 Å². The molecule has 5 nitrogen and oxygen atoms in total. The fourth-order valence-corrected chi connectivity index (χ4v) is 4.13. The van der Waals surface area contributed by atoms with Crippen molar-refractivity contribution in [2.24, 2.45) is 5.92 Å². The molecule has 3 rings (SSSR count). The maximum absolute atomic E-state index is 4.46. The molecule has 106 valence electrons. The molecule has 1 aromatic heterocycles. The molecule has 0 bridgehead atoms. The Morgan fingerprint density at radius 3 is 2.74 bits per heavy atom. The first-order valence-electron chi connectivity index (χ1n) is 7.23. The van der Waals surface area contributed by atoms with Crippen LogP contribution in [0.25, 0.3) is 0 Å². The van der Waals surface area contributed by atoms with Gasteiger partial charge in [-0.05, 0) is 25.8 Å². The highest BCUT2D eigenvalue weighted by atomic mass is 32.1. The Morgan fingerprint density at radius 1 is 1.21 bits per heavy atom. The van der Waals surface area contributed by atoms with Gasteiger partial charge in [0.1, 0.15) is 5.01 Å². The van der Waals surface area contributed by atoms with Gasteiger partial charge in [0.05, 0.1) is 6.04 Å². The van der Waals surface area contributed by atoms with Crippen molar-refractivity contribution in [3.8, 4) is 0 Å². The van der Waals surface area contributed by atoms with Crippen molar-refractivity contribution >= 4 is 16.5 Å². The Balaban J connectivity index is 1.70. The van der Waals surface area contributed by atoms with Gasteiger partial charge in [0.2, 0.25) is 5.13 Å². The van der Waals surface area contributed by atoms with Crippen molar-refractivity contribution < 1.29 is 0 Å². The summed E-state index contributed by atoms with van der Waals surface area (Å²) in [4.78, 5) is 4.79. The van der Waals surface area contributed by atoms with Crippen molar-refractivity contribution in [2.75, 3.05) is 44.7 Å². The van der Waals surface area contributed by atoms with E-state index in [1.807, 2.05) is 0 Å². The minimum atomic E-state index is 0.477. The SMILES string of the molecule is CC1CCC(c2nnc(N3CCNCC3)s2)N(C)C1. The molecular formula is C13H23N5S. The monoisotopic (exact) mass is 281 g/mol. The number of nitrogens with zero attached hydrogens (tertiary/aromatic N) is 4. The molecule has 2 saturated heterocycles. The highest BCUT2D eigenvalue weighted by Crippen LogP contribution is 2.35. The van der Waals surface area contributed by atoms with Crippen LogP contribution in [0.1, 0.15) is 30.8 Å². The molecule has 0 amide bonds. The Kier molecular flexibility index (Phi) is 4.00. The van der Waals surface area contributed by atoms with Crippen LogP contribution >= 0.6 is 11.3 Å². The number of piperidine rings is 1. The third kappa shape index (κ3) is 2.90. The van der Waals surface area contributed by atoms with Gasteiger partial charge in [-0.25, -0.2) is 0 Å². The quantitative estimate of drug-likeness (QED) is 0.886. The van der Waals surface area contributed by atoms with E-state index >= 15 is 0 Å². The van der Waals surface area contributed by atoms with E-state index in [0.717, 1.165) is 37.2 Å². The summed E-state index contributed by atoms with van der Waals surface area (Å²) in [7, 11) is 2.21. The molecule has 3 heterocycles. The predicted molar refractivity (Wildman–Crippen MR) is 78.8 cm³/mol. The van der Waals surface area contributed by atoms with E-state index in [2.05, 4.69) is 39.3 Å². The van der Waals surface area contributed by atoms with Crippen LogP contribution in [-0.4, -0.2) is 54.9 Å². The van der Waals surface area contributed by atoms with E-state index in [9.17, 15) is 0 Å². The summed E-state index contributed by atoms with van der Waals surface area (Å²) in [5.74, 6) is 0.807. The number of hydrogen-bond donors (Lipinski definition) is 1. The molecule has 19 heavy (non-hydrogen) atoms. The molecule has 6 heteroatoms. The predicted octanol–water partition coefficient (Wildman–Crippen LogP) is 1.35. The summed E-state index contributed by atoms with van der Waals surface area (Å²) >= 11 is 1.79. The van der Waals surface area contributed by atoms with Crippen LogP contribution in [0.3, 0.4) is 0 Å². The Hall–Kier alpha value is -0.720. The lowest BCUT2D eigenvalue weighted by atomic mass is 9.95. The maximum Gasteiger partial charge on any atom is 0.208 e. The number of hydrogen-bond acceptors (Lipinski definition) is 6. The molecule has 0 aromatic carbocycles. The van der Waals surface area contributed by atoms with E-state index in [1.54, 1.807) is 11.3 Å². The molecule has 2 atom stereocenters. The molecule has 2 unspecified atom stereocenters. The molecular weight excluding hydrogens is 258 g/mol. The molecule has 0 aliphatic carbocycles. The summed E-state index contributed by atoms with van der Waals surface area (Å²) in [5.41, 5.74) is 0. The van der Waals surface area contributed by atoms with Gasteiger partial charge < -0.3 is 10.2 Å². The van der Waals surface area contributed by atoms with Crippen molar-refractivity contribution in [1.29, 1.82) is 0 Å². The summed E-state index contributed by atoms with van der Waals surface area (Å²) < 4.78 is 0. The van der Waals surface area contributed by atoms with Gasteiger partial charge in [-0.15, -0.1) is 10.2 Å². The van der Waals surface area contributed by atoms with E-state index in [-0.39, 0.29) is 0 Å². The van der Waals surface area contributed by atoms with E-state index in [4.69, 9.17) is 0 Å². The first-order valence-corrected chi connectivity index (χ1v) is 8.05. The largest absolute Gasteiger partial charge is 0.344 e. The van der Waals surface area contributed by atoms with Crippen LogP contribution in [0.4, 0.5) is 5.13 Å². The third-order valence-electron chi connectivity index (χ3n) is 4.17. The van der Waals surface area contributed by atoms with Crippen LogP contribution in [0.15, 0.2) is 0 Å². The van der Waals surface area contributed by atoms with Gasteiger partial charge in [-0.1, -0.05) is 18.3 Å². The zero-order valence-corrected chi connectivity index (χ0v) is 12.6. The zero-order chi connectivity index (χ0) is 13.2. The van der Waals surface area contributed by atoms with Crippen molar-refractivity contribution in [3.63, 3.8) is 0 Å². The Labute approximate surface area is 119 Å². The third-order valence-corrected chi connectivity index (χ3v) is 5.25. The standard InChI is InChI=1S/C13H23N5S/c1-10-3-4-11(17(2)9-10)12-15-16-13(19-12)18-7-5-14-6-8-18/h10-11,14H,3-9H2,1-2H3. The van der Waals surface area contributed by atoms with E-state index in [1.165, 1.54) is 24.4 Å². The van der Waals surface area contributed by atoms with Crippen LogP contribution in [0, 0.1) is 5.92 Å². The van der Waals surface area contributed by atoms with Crippen molar-refractivity contribution in [2.45, 2.75) is 25.8 Å². The summed E-state index contributed by atoms with van der Waals surface area (Å²) in [5, 5.41) is 14.5. The van der Waals surface area contributed by atoms with Crippen LogP contribution in [-0.2, 0) is 0 Å². The summed E-state index contributed by atoms with van der Waals surface area (Å²) in [6, 6.07) is 0.477. The molecule has 2 aliphatic rings. The second-order valence-corrected chi connectivity index (χ2v) is 6.79. The molecule has 2 fully saturated rings. The van der Waals surface area contributed by atoms with Crippen molar-refractivity contribution in [3.05, 3.63) is 5.01 Å². The average molecular weight is 281 g/mol. The highest BCUT2D eigenvalue weighted by Gasteiger charge is 2.28. The smallest absolute Gasteiger partial charge is 0.208 e. The highest BCUT2D eigenvalue weighted by molar-refractivity contribution is 7.15. The first kappa shape index (κ1) is 13.3. The average Bonchev–Trinajstić information content (AvgIpc) is 2.89. The normalized spacial score (nSPS) is 29.7. The van der Waals surface area contributed by atoms with Gasteiger partial charge in [-0.2, -0.15) is 0 Å². The Morgan fingerprint density at radius 2 is 2.00 bits per heavy atom. The van der Waals surface area contributed by atoms with Crippen molar-refractivity contribution in [1.82, 2.24) is 20.4 Å². The van der Waals surface area contributed by atoms with Crippen LogP contribution in [0.2, 0.25) is 0 Å². The fraction of sp³-hybridized carbons (Fsp3) is 0.846. The van der Waals surface area contributed by atoms with E-state index < -0.39 is 0 Å². The van der Waals surface area contributed by atoms with Gasteiger partial charge >= 0.3 is 0 Å². The van der Waals surface area contributed by atoms with Gasteiger partial charge in [0.15, 0.2) is 0 Å². The fourth-order valence-electron chi connectivity index (χ4n) is 3.03. The number of nitrogens with one attached hydrogen (secondary N) is 1. The molecule has 2 aliphatic heterocycles. The van der Waals surface area contributed by atoms with Gasteiger partial charge in [0, 0.05) is 32.7 Å². The first-order chi connectivity index (χ1) is 9.24. The lowest BCUT2D eigenvalue weighted by molar-refractivity contribution is 0.146. The lowest BCUT2D eigenvalue weighted by Gasteiger charge is -2.34. The Bertz CT molecular complexity index is 415. The minimum Gasteiger partial charge on any atom is -0.344 e. The number of piperazine rings is 1. The zero-order valence-electron chi connectivity index (χ0n) is 11.8. The molecule has 1 aromatic rings. The molecule has 0 spiro atoms. The second kappa shape index (κ2) is 5.73. The van der Waals surface area contributed by atoms with Gasteiger partial charge in [0.25, 0.3) is 0 Å². The summed E-state index contributed by atoms with van der Waals surface area (Å²) in [6.07, 6.45) is 2.52. The molecule has 0 radical (unpaired) electrons. The maximum atomic E-state index is 4.46. The minimum absolute atomic E-state index is 0.477. The second-order valence-electron chi connectivity index (χ2n) is 5.80. The van der Waals surface area contributed by atoms with Crippen LogP contribution < -0.4 is 10.2 Å².